The van der Waals surface area contributed by atoms with Gasteiger partial charge in [0.05, 0.1) is 25.6 Å². The molecule has 8 nitrogen and oxygen atoms in total. The van der Waals surface area contributed by atoms with E-state index in [-0.39, 0.29) is 12.8 Å². The number of rotatable bonds is 21. The minimum Gasteiger partial charge on any atom is -0.481 e. The van der Waals surface area contributed by atoms with Gasteiger partial charge in [-0.05, 0) is 32.1 Å². The van der Waals surface area contributed by atoms with E-state index in [4.69, 9.17) is 18.6 Å². The lowest BCUT2D eigenvalue weighted by molar-refractivity contribution is -0.147. The number of unbranched alkanes of at least 4 members (excludes halogenated alkanes) is 9. The number of carboxylic acids is 1. The molecule has 0 aliphatic rings. The molecule has 0 aliphatic heterocycles. The van der Waals surface area contributed by atoms with Gasteiger partial charge in [0.1, 0.15) is 0 Å². The van der Waals surface area contributed by atoms with Gasteiger partial charge in [-0.25, -0.2) is 4.18 Å². The topological polar surface area (TPSA) is 127 Å². The molecule has 0 saturated carbocycles. The van der Waals surface area contributed by atoms with Crippen molar-refractivity contribution in [3.05, 3.63) is 12.2 Å². The maximum Gasteiger partial charge on any atom is 0.397 e. The summed E-state index contributed by atoms with van der Waals surface area (Å²) in [4.78, 5) is 21.6. The molecule has 0 heterocycles. The number of carboxylic acid groups (broad SMARTS) is 1. The summed E-state index contributed by atoms with van der Waals surface area (Å²) in [6.07, 6.45) is 15.3. The lowest BCUT2D eigenvalue weighted by Gasteiger charge is -2.13. The Morgan fingerprint density at radius 3 is 2.19 bits per heavy atom. The Morgan fingerprint density at radius 2 is 1.55 bits per heavy atom. The normalized spacial score (nSPS) is 12.8. The lowest BCUT2D eigenvalue weighted by atomic mass is 10.1. The molecule has 0 spiro atoms. The van der Waals surface area contributed by atoms with Gasteiger partial charge in [-0.3, -0.25) is 14.1 Å². The van der Waals surface area contributed by atoms with Crippen molar-refractivity contribution in [2.75, 3.05) is 6.61 Å². The van der Waals surface area contributed by atoms with Crippen LogP contribution in [0.1, 0.15) is 103 Å². The van der Waals surface area contributed by atoms with Crippen LogP contribution < -0.4 is 0 Å². The average Bonchev–Trinajstić information content (AvgIpc) is 2.69. The number of allylic oxidation sites excluding steroid dienone is 1. The number of ether oxygens (including phenoxy) is 1. The molecular formula is C22H40O8S. The molecule has 0 rings (SSSR count). The summed E-state index contributed by atoms with van der Waals surface area (Å²) in [5.74, 6) is -1.46. The largest absolute Gasteiger partial charge is 0.481 e. The molecule has 0 aromatic carbocycles. The summed E-state index contributed by atoms with van der Waals surface area (Å²) in [5.41, 5.74) is 0. The van der Waals surface area contributed by atoms with Gasteiger partial charge in [0.25, 0.3) is 0 Å². The Balaban J connectivity index is 3.72. The number of hydrogen-bond donors (Lipinski definition) is 2. The number of hydrogen-bond acceptors (Lipinski definition) is 6. The van der Waals surface area contributed by atoms with E-state index in [1.54, 1.807) is 0 Å². The quantitative estimate of drug-likeness (QED) is 0.102. The summed E-state index contributed by atoms with van der Waals surface area (Å²) in [6, 6.07) is 0. The van der Waals surface area contributed by atoms with Crippen LogP contribution in [0.15, 0.2) is 12.2 Å². The van der Waals surface area contributed by atoms with E-state index in [0.29, 0.717) is 19.4 Å². The molecule has 0 saturated heterocycles. The minimum atomic E-state index is -4.43. The van der Waals surface area contributed by atoms with Crippen molar-refractivity contribution < 1.29 is 36.6 Å². The summed E-state index contributed by atoms with van der Waals surface area (Å²) in [7, 11) is -4.43. The molecule has 0 aliphatic carbocycles. The van der Waals surface area contributed by atoms with Crippen molar-refractivity contribution in [2.24, 2.45) is 0 Å². The molecule has 2 N–H and O–H groups in total. The van der Waals surface area contributed by atoms with E-state index in [9.17, 15) is 18.0 Å². The Morgan fingerprint density at radius 1 is 0.903 bits per heavy atom. The van der Waals surface area contributed by atoms with Crippen molar-refractivity contribution in [3.8, 4) is 0 Å². The van der Waals surface area contributed by atoms with Crippen LogP contribution in [-0.4, -0.2) is 42.7 Å². The SMILES string of the molecule is CCCCCC[C@H](C/C=C\CCCCCCCCOC(=O)CCC(=O)O)OS(=O)(=O)O. The van der Waals surface area contributed by atoms with Gasteiger partial charge in [-0.1, -0.05) is 70.4 Å². The van der Waals surface area contributed by atoms with Gasteiger partial charge in [0, 0.05) is 0 Å². The fourth-order valence-corrected chi connectivity index (χ4v) is 3.60. The fourth-order valence-electron chi connectivity index (χ4n) is 3.08. The standard InChI is InChI=1S/C22H40O8S/c1-2-3-4-12-15-20(30-31(26,27)28)16-13-10-8-6-5-7-9-11-14-19-29-22(25)18-17-21(23)24/h10,13,20H,2-9,11-12,14-19H2,1H3,(H,23,24)(H,26,27,28)/b13-10-/t20-/m1/s1. The zero-order valence-electron chi connectivity index (χ0n) is 18.8. The third-order valence-electron chi connectivity index (χ3n) is 4.77. The predicted octanol–water partition coefficient (Wildman–Crippen LogP) is 5.23. The first-order chi connectivity index (χ1) is 14.7. The Kier molecular flexibility index (Phi) is 18.4. The van der Waals surface area contributed by atoms with Crippen molar-refractivity contribution in [2.45, 2.75) is 109 Å². The highest BCUT2D eigenvalue weighted by Gasteiger charge is 2.15. The molecule has 1 atom stereocenters. The van der Waals surface area contributed by atoms with Crippen LogP contribution in [0, 0.1) is 0 Å². The molecule has 0 unspecified atom stereocenters. The molecule has 31 heavy (non-hydrogen) atoms. The second-order valence-corrected chi connectivity index (χ2v) is 8.77. The Labute approximate surface area is 187 Å². The maximum absolute atomic E-state index is 11.3. The smallest absolute Gasteiger partial charge is 0.397 e. The molecule has 0 aromatic heterocycles. The molecule has 0 aromatic rings. The van der Waals surface area contributed by atoms with E-state index in [1.807, 2.05) is 12.2 Å². The van der Waals surface area contributed by atoms with Crippen LogP contribution in [0.4, 0.5) is 0 Å². The summed E-state index contributed by atoms with van der Waals surface area (Å²) in [5, 5.41) is 8.49. The van der Waals surface area contributed by atoms with Gasteiger partial charge in [0.2, 0.25) is 0 Å². The van der Waals surface area contributed by atoms with Crippen LogP contribution in [-0.2, 0) is 28.9 Å². The molecular weight excluding hydrogens is 424 g/mol. The van der Waals surface area contributed by atoms with Gasteiger partial charge in [-0.2, -0.15) is 8.42 Å². The van der Waals surface area contributed by atoms with E-state index in [2.05, 4.69) is 6.92 Å². The summed E-state index contributed by atoms with van der Waals surface area (Å²) in [6.45, 7) is 2.45. The van der Waals surface area contributed by atoms with Crippen LogP contribution in [0.2, 0.25) is 0 Å². The highest BCUT2D eigenvalue weighted by molar-refractivity contribution is 7.80. The lowest BCUT2D eigenvalue weighted by Crippen LogP contribution is -2.17. The van der Waals surface area contributed by atoms with E-state index in [0.717, 1.165) is 70.6 Å². The zero-order valence-corrected chi connectivity index (χ0v) is 19.6. The fraction of sp³-hybridized carbons (Fsp3) is 0.818. The third kappa shape index (κ3) is 23.0. The minimum absolute atomic E-state index is 0.0790. The average molecular weight is 465 g/mol. The van der Waals surface area contributed by atoms with Gasteiger partial charge in [0.15, 0.2) is 0 Å². The van der Waals surface area contributed by atoms with Gasteiger partial charge in [-0.15, -0.1) is 0 Å². The monoisotopic (exact) mass is 464 g/mol. The van der Waals surface area contributed by atoms with Crippen molar-refractivity contribution in [3.63, 3.8) is 0 Å². The molecule has 0 radical (unpaired) electrons. The Bertz CT molecular complexity index is 601. The predicted molar refractivity (Wildman–Crippen MR) is 119 cm³/mol. The number of esters is 1. The first-order valence-electron chi connectivity index (χ1n) is 11.4. The molecule has 182 valence electrons. The second-order valence-electron chi connectivity index (χ2n) is 7.73. The third-order valence-corrected chi connectivity index (χ3v) is 5.29. The van der Waals surface area contributed by atoms with Crippen LogP contribution >= 0.6 is 0 Å². The highest BCUT2D eigenvalue weighted by Crippen LogP contribution is 2.15. The number of aliphatic carboxylic acids is 1. The highest BCUT2D eigenvalue weighted by atomic mass is 32.3. The van der Waals surface area contributed by atoms with Crippen molar-refractivity contribution in [1.29, 1.82) is 0 Å². The van der Waals surface area contributed by atoms with Crippen LogP contribution in [0.5, 0.6) is 0 Å². The van der Waals surface area contributed by atoms with Crippen molar-refractivity contribution in [1.82, 2.24) is 0 Å². The second kappa shape index (κ2) is 19.3. The van der Waals surface area contributed by atoms with Crippen LogP contribution in [0.25, 0.3) is 0 Å². The molecule has 0 amide bonds. The van der Waals surface area contributed by atoms with E-state index < -0.39 is 28.4 Å². The van der Waals surface area contributed by atoms with Crippen molar-refractivity contribution >= 4 is 22.3 Å². The number of carbonyl (C=O) groups excluding carboxylic acids is 1. The first-order valence-corrected chi connectivity index (χ1v) is 12.8. The number of carbonyl (C=O) groups is 2. The zero-order chi connectivity index (χ0) is 23.4. The molecule has 0 fully saturated rings. The van der Waals surface area contributed by atoms with E-state index >= 15 is 0 Å². The summed E-state index contributed by atoms with van der Waals surface area (Å²) < 4.78 is 40.6. The van der Waals surface area contributed by atoms with E-state index in [1.165, 1.54) is 0 Å². The first kappa shape index (κ1) is 29.5. The van der Waals surface area contributed by atoms with Gasteiger partial charge < -0.3 is 9.84 Å². The Hall–Kier alpha value is -1.45. The summed E-state index contributed by atoms with van der Waals surface area (Å²) >= 11 is 0. The van der Waals surface area contributed by atoms with Crippen LogP contribution in [0.3, 0.4) is 0 Å². The maximum atomic E-state index is 11.3. The molecule has 9 heteroatoms. The van der Waals surface area contributed by atoms with Gasteiger partial charge >= 0.3 is 22.3 Å². The molecule has 0 bridgehead atoms.